The summed E-state index contributed by atoms with van der Waals surface area (Å²) in [6.07, 6.45) is -0.725. The molecule has 3 N–H and O–H groups in total. The molecule has 1 amide bonds. The smallest absolute Gasteiger partial charge is 0.264 e. The Kier molecular flexibility index (Phi) is 5.21. The second kappa shape index (κ2) is 7.54. The van der Waals surface area contributed by atoms with Gasteiger partial charge in [-0.2, -0.15) is 0 Å². The summed E-state index contributed by atoms with van der Waals surface area (Å²) in [5.41, 5.74) is 12.2. The van der Waals surface area contributed by atoms with E-state index < -0.39 is 12.2 Å². The highest BCUT2D eigenvalue weighted by Gasteiger charge is 2.30. The molecule has 1 aliphatic rings. The van der Waals surface area contributed by atoms with E-state index in [1.54, 1.807) is 4.90 Å². The lowest BCUT2D eigenvalue weighted by atomic mass is 9.99. The van der Waals surface area contributed by atoms with Gasteiger partial charge in [0.2, 0.25) is 0 Å². The predicted molar refractivity (Wildman–Crippen MR) is 116 cm³/mol. The fraction of sp³-hybridized carbons (Fsp3) is 0.455. The van der Waals surface area contributed by atoms with Crippen LogP contribution in [0.3, 0.4) is 0 Å². The summed E-state index contributed by atoms with van der Waals surface area (Å²) in [5, 5.41) is 0. The van der Waals surface area contributed by atoms with Crippen molar-refractivity contribution in [3.05, 3.63) is 40.0 Å². The second-order valence-electron chi connectivity index (χ2n) is 8.28. The first kappa shape index (κ1) is 20.0. The molecule has 1 fully saturated rings. The maximum absolute atomic E-state index is 13.7. The number of aryl methyl sites for hydroxylation is 2. The Morgan fingerprint density at radius 3 is 2.62 bits per heavy atom. The summed E-state index contributed by atoms with van der Waals surface area (Å²) >= 11 is 1.51. The van der Waals surface area contributed by atoms with Gasteiger partial charge in [0, 0.05) is 30.0 Å². The number of aromatic nitrogens is 2. The van der Waals surface area contributed by atoms with Crippen LogP contribution in [0.5, 0.6) is 0 Å². The topological polar surface area (TPSA) is 75.0 Å². The van der Waals surface area contributed by atoms with Crippen molar-refractivity contribution in [3.8, 4) is 11.3 Å². The first-order chi connectivity index (χ1) is 13.7. The third kappa shape index (κ3) is 3.69. The molecular weight excluding hydrogens is 387 g/mol. The number of rotatable bonds is 3. The molecule has 0 radical (unpaired) electrons. The van der Waals surface area contributed by atoms with Gasteiger partial charge in [0.1, 0.15) is 6.17 Å². The Morgan fingerprint density at radius 1 is 1.31 bits per heavy atom. The van der Waals surface area contributed by atoms with Crippen LogP contribution < -0.4 is 5.73 Å². The molecule has 1 aliphatic heterocycles. The summed E-state index contributed by atoms with van der Waals surface area (Å²) in [6, 6.07) is 5.49. The van der Waals surface area contributed by atoms with Crippen molar-refractivity contribution in [1.29, 1.82) is 0 Å². The number of piperidine rings is 1. The largest absolute Gasteiger partial charge is 0.354 e. The molecule has 1 saturated heterocycles. The standard InChI is InChI=1S/C22H27FN4OS/c1-11(2)19-20(14-7-12(3)25-13(4)8-14)26-17-9-18(29-21(17)19)22(28)27-6-5-15(23)16(24)10-27/h7-9,11,15-16,26H,5-6,10,24H2,1-4H3/t15-,16+/m1/s1. The number of hydrogen-bond donors (Lipinski definition) is 2. The Bertz CT molecular complexity index is 1050. The third-order valence-electron chi connectivity index (χ3n) is 5.52. The monoisotopic (exact) mass is 414 g/mol. The van der Waals surface area contributed by atoms with Crippen LogP contribution in [0, 0.1) is 13.8 Å². The molecule has 0 unspecified atom stereocenters. The van der Waals surface area contributed by atoms with Crippen LogP contribution in [-0.2, 0) is 0 Å². The van der Waals surface area contributed by atoms with Crippen LogP contribution in [0.2, 0.25) is 0 Å². The van der Waals surface area contributed by atoms with Gasteiger partial charge in [-0.05, 0) is 49.9 Å². The van der Waals surface area contributed by atoms with E-state index in [0.29, 0.717) is 23.8 Å². The normalized spacial score (nSPS) is 20.0. The molecule has 3 aromatic rings. The number of fused-ring (bicyclic) bond motifs is 1. The highest BCUT2D eigenvalue weighted by Crippen LogP contribution is 2.40. The number of alkyl halides is 1. The van der Waals surface area contributed by atoms with Crippen LogP contribution >= 0.6 is 11.3 Å². The quantitative estimate of drug-likeness (QED) is 0.661. The summed E-state index contributed by atoms with van der Waals surface area (Å²) in [4.78, 5) is 23.3. The lowest BCUT2D eigenvalue weighted by molar-refractivity contribution is 0.0635. The van der Waals surface area contributed by atoms with E-state index in [4.69, 9.17) is 5.73 Å². The molecule has 5 nitrogen and oxygen atoms in total. The Balaban J connectivity index is 1.73. The van der Waals surface area contributed by atoms with E-state index >= 15 is 0 Å². The van der Waals surface area contributed by atoms with Gasteiger partial charge < -0.3 is 15.6 Å². The molecule has 0 aliphatic carbocycles. The van der Waals surface area contributed by atoms with Gasteiger partial charge in [0.15, 0.2) is 0 Å². The van der Waals surface area contributed by atoms with E-state index in [9.17, 15) is 9.18 Å². The van der Waals surface area contributed by atoms with Crippen LogP contribution in [0.15, 0.2) is 18.2 Å². The van der Waals surface area contributed by atoms with Crippen LogP contribution in [0.4, 0.5) is 4.39 Å². The Hall–Kier alpha value is -2.25. The predicted octanol–water partition coefficient (Wildman–Crippen LogP) is 4.54. The zero-order valence-corrected chi connectivity index (χ0v) is 18.1. The molecule has 2 atom stereocenters. The van der Waals surface area contributed by atoms with Gasteiger partial charge in [-0.3, -0.25) is 9.78 Å². The fourth-order valence-corrected chi connectivity index (χ4v) is 5.44. The number of pyridine rings is 1. The van der Waals surface area contributed by atoms with Gasteiger partial charge in [0.25, 0.3) is 5.91 Å². The molecule has 4 rings (SSSR count). The van der Waals surface area contributed by atoms with Gasteiger partial charge in [0.05, 0.1) is 26.8 Å². The molecule has 29 heavy (non-hydrogen) atoms. The lowest BCUT2D eigenvalue weighted by Gasteiger charge is -2.32. The number of nitrogens with zero attached hydrogens (tertiary/aromatic N) is 2. The van der Waals surface area contributed by atoms with Crippen LogP contribution in [0.25, 0.3) is 21.5 Å². The number of halogens is 1. The van der Waals surface area contributed by atoms with Gasteiger partial charge in [-0.1, -0.05) is 13.8 Å². The number of thiophene rings is 1. The van der Waals surface area contributed by atoms with Gasteiger partial charge in [-0.15, -0.1) is 11.3 Å². The highest BCUT2D eigenvalue weighted by atomic mass is 32.1. The number of carbonyl (C=O) groups is 1. The summed E-state index contributed by atoms with van der Waals surface area (Å²) in [6.45, 7) is 9.01. The first-order valence-electron chi connectivity index (χ1n) is 10.0. The number of aromatic amines is 1. The number of carbonyl (C=O) groups excluding carboxylic acids is 1. The third-order valence-corrected chi connectivity index (χ3v) is 6.68. The number of likely N-dealkylation sites (tertiary alicyclic amines) is 1. The number of hydrogen-bond acceptors (Lipinski definition) is 4. The number of H-pyrrole nitrogens is 1. The lowest BCUT2D eigenvalue weighted by Crippen LogP contribution is -2.51. The number of nitrogens with two attached hydrogens (primary N) is 1. The number of amides is 1. The molecule has 154 valence electrons. The maximum atomic E-state index is 13.7. The van der Waals surface area contributed by atoms with E-state index in [-0.39, 0.29) is 12.5 Å². The molecule has 0 saturated carbocycles. The second-order valence-corrected chi connectivity index (χ2v) is 9.33. The molecule has 0 aromatic carbocycles. The van der Waals surface area contributed by atoms with E-state index in [1.165, 1.54) is 16.9 Å². The van der Waals surface area contributed by atoms with E-state index in [1.807, 2.05) is 19.9 Å². The Morgan fingerprint density at radius 2 is 2.00 bits per heavy atom. The minimum absolute atomic E-state index is 0.0613. The van der Waals surface area contributed by atoms with Gasteiger partial charge in [-0.25, -0.2) is 4.39 Å². The van der Waals surface area contributed by atoms with Crippen molar-refractivity contribution in [2.75, 3.05) is 13.1 Å². The van der Waals surface area contributed by atoms with Gasteiger partial charge >= 0.3 is 0 Å². The summed E-state index contributed by atoms with van der Waals surface area (Å²) in [5.74, 6) is 0.235. The minimum Gasteiger partial charge on any atom is -0.354 e. The Labute approximate surface area is 174 Å². The van der Waals surface area contributed by atoms with Crippen LogP contribution in [0.1, 0.15) is 52.8 Å². The van der Waals surface area contributed by atoms with Crippen molar-refractivity contribution >= 4 is 27.5 Å². The first-order valence-corrected chi connectivity index (χ1v) is 10.9. The number of nitrogens with one attached hydrogen (secondary N) is 1. The van der Waals surface area contributed by atoms with E-state index in [0.717, 1.165) is 32.9 Å². The summed E-state index contributed by atoms with van der Waals surface area (Å²) in [7, 11) is 0. The van der Waals surface area contributed by atoms with Crippen LogP contribution in [-0.4, -0.2) is 46.1 Å². The van der Waals surface area contributed by atoms with Crippen molar-refractivity contribution in [2.45, 2.75) is 52.2 Å². The van der Waals surface area contributed by atoms with Crippen molar-refractivity contribution in [2.24, 2.45) is 5.73 Å². The average molecular weight is 415 g/mol. The maximum Gasteiger partial charge on any atom is 0.264 e. The highest BCUT2D eigenvalue weighted by molar-refractivity contribution is 7.21. The van der Waals surface area contributed by atoms with Crippen molar-refractivity contribution in [1.82, 2.24) is 14.9 Å². The molecular formula is C22H27FN4OS. The fourth-order valence-electron chi connectivity index (χ4n) is 4.16. The molecule has 3 aromatic heterocycles. The minimum atomic E-state index is -1.03. The summed E-state index contributed by atoms with van der Waals surface area (Å²) < 4.78 is 14.8. The zero-order chi connectivity index (χ0) is 20.9. The SMILES string of the molecule is Cc1cc(-c2[nH]c3cc(C(=O)N4CC[C@@H](F)[C@@H](N)C4)sc3c2C(C)C)cc(C)n1. The zero-order valence-electron chi connectivity index (χ0n) is 17.3. The van der Waals surface area contributed by atoms with Crippen molar-refractivity contribution in [3.63, 3.8) is 0 Å². The molecule has 4 heterocycles. The molecule has 7 heteroatoms. The van der Waals surface area contributed by atoms with E-state index in [2.05, 4.69) is 35.9 Å². The molecule has 0 spiro atoms. The molecule has 0 bridgehead atoms. The van der Waals surface area contributed by atoms with Crippen molar-refractivity contribution < 1.29 is 9.18 Å². The average Bonchev–Trinajstić information content (AvgIpc) is 3.20.